The molecule has 2 aromatic carbocycles. The second-order valence-electron chi connectivity index (χ2n) is 7.01. The molecule has 0 fully saturated rings. The van der Waals surface area contributed by atoms with Crippen LogP contribution < -0.4 is 5.32 Å². The summed E-state index contributed by atoms with van der Waals surface area (Å²) in [6, 6.07) is 8.67. The zero-order valence-corrected chi connectivity index (χ0v) is 16.7. The molecule has 0 saturated carbocycles. The van der Waals surface area contributed by atoms with Crippen LogP contribution in [0.2, 0.25) is 0 Å². The van der Waals surface area contributed by atoms with Crippen LogP contribution >= 0.6 is 11.6 Å². The van der Waals surface area contributed by atoms with Gasteiger partial charge < -0.3 is 4.90 Å². The van der Waals surface area contributed by atoms with Gasteiger partial charge in [-0.25, -0.2) is 8.78 Å². The largest absolute Gasteiger partial charge is 0.321 e. The molecule has 30 heavy (non-hydrogen) atoms. The first-order chi connectivity index (χ1) is 14.5. The number of amides is 1. The fourth-order valence-electron chi connectivity index (χ4n) is 3.81. The summed E-state index contributed by atoms with van der Waals surface area (Å²) in [6.07, 6.45) is 0.157. The fourth-order valence-corrected chi connectivity index (χ4v) is 3.96. The van der Waals surface area contributed by atoms with Crippen LogP contribution in [0.5, 0.6) is 0 Å². The highest BCUT2D eigenvalue weighted by Crippen LogP contribution is 2.30. The monoisotopic (exact) mass is 430 g/mol. The molecule has 154 valence electrons. The van der Waals surface area contributed by atoms with E-state index in [4.69, 9.17) is 11.6 Å². The number of rotatable bonds is 4. The van der Waals surface area contributed by atoms with E-state index in [1.54, 1.807) is 29.7 Å². The summed E-state index contributed by atoms with van der Waals surface area (Å²) in [5, 5.41) is 21.0. The van der Waals surface area contributed by atoms with Crippen LogP contribution in [0.4, 0.5) is 8.78 Å². The summed E-state index contributed by atoms with van der Waals surface area (Å²) in [4.78, 5) is 14.0. The third-order valence-electron chi connectivity index (χ3n) is 5.39. The van der Waals surface area contributed by atoms with Crippen molar-refractivity contribution in [3.63, 3.8) is 0 Å². The summed E-state index contributed by atoms with van der Waals surface area (Å²) < 4.78 is 31.2. The Labute approximate surface area is 175 Å². The zero-order chi connectivity index (χ0) is 21.4. The average molecular weight is 431 g/mol. The Balaban J connectivity index is 1.76. The maximum Gasteiger partial charge on any atom is 0.239 e. The van der Waals surface area contributed by atoms with Crippen molar-refractivity contribution in [2.45, 2.75) is 32.2 Å². The number of nitrogens with one attached hydrogen (secondary N) is 1. The van der Waals surface area contributed by atoms with Crippen molar-refractivity contribution in [1.82, 2.24) is 25.0 Å². The molecule has 4 rings (SSSR count). The predicted octanol–water partition coefficient (Wildman–Crippen LogP) is 2.78. The van der Waals surface area contributed by atoms with Gasteiger partial charge in [0.05, 0.1) is 12.7 Å². The molecule has 1 aliphatic rings. The predicted molar refractivity (Wildman–Crippen MR) is 105 cm³/mol. The van der Waals surface area contributed by atoms with Crippen molar-refractivity contribution in [3.8, 4) is 6.07 Å². The molecule has 0 radical (unpaired) electrons. The molecule has 0 aliphatic carbocycles. The van der Waals surface area contributed by atoms with Gasteiger partial charge in [-0.1, -0.05) is 24.3 Å². The number of alkyl halides is 1. The maximum absolute atomic E-state index is 15.0. The molecule has 1 aliphatic heterocycles. The minimum absolute atomic E-state index is 0.0621. The van der Waals surface area contributed by atoms with E-state index in [-0.39, 0.29) is 29.8 Å². The van der Waals surface area contributed by atoms with Gasteiger partial charge >= 0.3 is 0 Å². The third kappa shape index (κ3) is 3.28. The average Bonchev–Trinajstić information content (AvgIpc) is 3.25. The molecule has 2 atom stereocenters. The first-order valence-corrected chi connectivity index (χ1v) is 9.74. The van der Waals surface area contributed by atoms with Crippen molar-refractivity contribution in [2.24, 2.45) is 0 Å². The van der Waals surface area contributed by atoms with Gasteiger partial charge in [0.25, 0.3) is 0 Å². The van der Waals surface area contributed by atoms with Gasteiger partial charge in [-0.15, -0.1) is 21.8 Å². The second-order valence-corrected chi connectivity index (χ2v) is 7.27. The molecule has 2 unspecified atom stereocenters. The molecule has 0 saturated heterocycles. The van der Waals surface area contributed by atoms with E-state index >= 15 is 0 Å². The minimum atomic E-state index is -1.01. The first kappa shape index (κ1) is 20.2. The Kier molecular flexibility index (Phi) is 5.37. The van der Waals surface area contributed by atoms with E-state index in [0.29, 0.717) is 16.8 Å². The summed E-state index contributed by atoms with van der Waals surface area (Å²) in [5.74, 6) is -2.30. The quantitative estimate of drug-likeness (QED) is 0.643. The topological polar surface area (TPSA) is 86.8 Å². The van der Waals surface area contributed by atoms with Crippen molar-refractivity contribution >= 4 is 28.3 Å². The third-order valence-corrected chi connectivity index (χ3v) is 5.62. The Morgan fingerprint density at radius 2 is 2.10 bits per heavy atom. The highest BCUT2D eigenvalue weighted by molar-refractivity contribution is 6.27. The van der Waals surface area contributed by atoms with Gasteiger partial charge in [-0.3, -0.25) is 14.7 Å². The first-order valence-electron chi connectivity index (χ1n) is 9.21. The standard InChI is InChI=1S/C20H17ClF2N6O/c1-11-12-4-2-3-5-13(12)19(22)20(23)14(11)9-28(18(30)7-21)15-6-16-27-25-10-29(16)17(8-24)26-15/h2-5,10,15,17,26H,6-7,9H2,1H3. The van der Waals surface area contributed by atoms with Crippen LogP contribution in [0.15, 0.2) is 30.6 Å². The molecule has 7 nitrogen and oxygen atoms in total. The number of hydrogen-bond donors (Lipinski definition) is 1. The number of halogens is 3. The van der Waals surface area contributed by atoms with E-state index < -0.39 is 29.9 Å². The maximum atomic E-state index is 15.0. The highest BCUT2D eigenvalue weighted by atomic mass is 35.5. The number of carbonyl (C=O) groups is 1. The fraction of sp³-hybridized carbons (Fsp3) is 0.300. The molecule has 3 aromatic rings. The molecular weight excluding hydrogens is 414 g/mol. The lowest BCUT2D eigenvalue weighted by Crippen LogP contribution is -2.55. The van der Waals surface area contributed by atoms with Crippen LogP contribution in [0, 0.1) is 29.9 Å². The van der Waals surface area contributed by atoms with Crippen molar-refractivity contribution in [1.29, 1.82) is 5.26 Å². The number of benzene rings is 2. The molecular formula is C20H17ClF2N6O. The van der Waals surface area contributed by atoms with E-state index in [1.807, 2.05) is 0 Å². The highest BCUT2D eigenvalue weighted by Gasteiger charge is 2.34. The molecule has 1 amide bonds. The Hall–Kier alpha value is -3.09. The van der Waals surface area contributed by atoms with Gasteiger partial charge in [0.15, 0.2) is 17.8 Å². The smallest absolute Gasteiger partial charge is 0.239 e. The van der Waals surface area contributed by atoms with Crippen molar-refractivity contribution < 1.29 is 13.6 Å². The normalized spacial score (nSPS) is 18.1. The number of nitrogens with zero attached hydrogens (tertiary/aromatic N) is 5. The number of nitriles is 1. The zero-order valence-electron chi connectivity index (χ0n) is 15.9. The number of carbonyl (C=O) groups excluding carboxylic acids is 1. The van der Waals surface area contributed by atoms with Crippen LogP contribution in [-0.2, 0) is 17.8 Å². The molecule has 0 bridgehead atoms. The Morgan fingerprint density at radius 1 is 1.37 bits per heavy atom. The summed E-state index contributed by atoms with van der Waals surface area (Å²) in [6.45, 7) is 1.47. The Morgan fingerprint density at radius 3 is 2.80 bits per heavy atom. The van der Waals surface area contributed by atoms with Crippen LogP contribution in [-0.4, -0.2) is 37.6 Å². The second kappa shape index (κ2) is 7.97. The van der Waals surface area contributed by atoms with E-state index in [9.17, 15) is 18.8 Å². The minimum Gasteiger partial charge on any atom is -0.321 e. The van der Waals surface area contributed by atoms with Gasteiger partial charge in [-0.05, 0) is 17.9 Å². The number of aromatic nitrogens is 3. The van der Waals surface area contributed by atoms with Crippen LogP contribution in [0.1, 0.15) is 23.1 Å². The number of aryl methyl sites for hydroxylation is 1. The van der Waals surface area contributed by atoms with Gasteiger partial charge in [0.2, 0.25) is 5.91 Å². The lowest BCUT2D eigenvalue weighted by Gasteiger charge is -2.37. The van der Waals surface area contributed by atoms with Gasteiger partial charge in [-0.2, -0.15) is 5.26 Å². The summed E-state index contributed by atoms with van der Waals surface area (Å²) in [5.41, 5.74) is 0.597. The van der Waals surface area contributed by atoms with Gasteiger partial charge in [0.1, 0.15) is 24.1 Å². The van der Waals surface area contributed by atoms with E-state index in [0.717, 1.165) is 0 Å². The molecule has 2 heterocycles. The molecule has 10 heteroatoms. The Bertz CT molecular complexity index is 1170. The van der Waals surface area contributed by atoms with Crippen molar-refractivity contribution in [2.75, 3.05) is 5.88 Å². The lowest BCUT2D eigenvalue weighted by molar-refractivity contribution is -0.132. The van der Waals surface area contributed by atoms with E-state index in [1.165, 1.54) is 17.3 Å². The van der Waals surface area contributed by atoms with Crippen LogP contribution in [0.3, 0.4) is 0 Å². The number of hydrogen-bond acceptors (Lipinski definition) is 5. The number of fused-ring (bicyclic) bond motifs is 2. The summed E-state index contributed by atoms with van der Waals surface area (Å²) >= 11 is 5.80. The lowest BCUT2D eigenvalue weighted by atomic mass is 9.98. The molecule has 1 aromatic heterocycles. The van der Waals surface area contributed by atoms with E-state index in [2.05, 4.69) is 21.6 Å². The summed E-state index contributed by atoms with van der Waals surface area (Å²) in [7, 11) is 0. The van der Waals surface area contributed by atoms with Crippen LogP contribution in [0.25, 0.3) is 10.8 Å². The van der Waals surface area contributed by atoms with Gasteiger partial charge in [0, 0.05) is 17.4 Å². The SMILES string of the molecule is Cc1c(CN(C(=O)CCl)C2Cc3nncn3C(C#N)N2)c(F)c(F)c2ccccc12. The molecule has 1 N–H and O–H groups in total. The molecule has 0 spiro atoms. The van der Waals surface area contributed by atoms with Crippen molar-refractivity contribution in [3.05, 3.63) is 59.2 Å².